The molecule has 118 valence electrons. The van der Waals surface area contributed by atoms with Crippen molar-refractivity contribution in [2.24, 2.45) is 5.92 Å². The van der Waals surface area contributed by atoms with Crippen LogP contribution in [0.15, 0.2) is 18.2 Å². The van der Waals surface area contributed by atoms with Gasteiger partial charge in [0.15, 0.2) is 9.84 Å². The van der Waals surface area contributed by atoms with E-state index in [1.807, 2.05) is 44.0 Å². The van der Waals surface area contributed by atoms with Crippen molar-refractivity contribution >= 4 is 9.84 Å². The molecule has 0 amide bonds. The van der Waals surface area contributed by atoms with E-state index in [0.717, 1.165) is 29.7 Å². The average molecular weight is 311 g/mol. The molecule has 1 heterocycles. The van der Waals surface area contributed by atoms with Gasteiger partial charge in [-0.25, -0.2) is 8.42 Å². The zero-order chi connectivity index (χ0) is 15.6. The molecule has 0 spiro atoms. The van der Waals surface area contributed by atoms with Crippen LogP contribution in [0, 0.1) is 19.8 Å². The number of nitrogens with zero attached hydrogens (tertiary/aromatic N) is 1. The lowest BCUT2D eigenvalue weighted by Gasteiger charge is -2.24. The van der Waals surface area contributed by atoms with Crippen LogP contribution >= 0.6 is 0 Å². The van der Waals surface area contributed by atoms with Crippen molar-refractivity contribution in [3.05, 3.63) is 34.9 Å². The largest absolute Gasteiger partial charge is 0.387 e. The molecule has 0 radical (unpaired) electrons. The van der Waals surface area contributed by atoms with Crippen molar-refractivity contribution in [2.75, 3.05) is 31.6 Å². The Morgan fingerprint density at radius 1 is 1.38 bits per heavy atom. The molecule has 4 nitrogen and oxygen atoms in total. The number of aliphatic hydroxyl groups excluding tert-OH is 1. The number of rotatable bonds is 5. The third-order valence-electron chi connectivity index (χ3n) is 4.17. The van der Waals surface area contributed by atoms with Crippen LogP contribution < -0.4 is 0 Å². The summed E-state index contributed by atoms with van der Waals surface area (Å²) in [5.41, 5.74) is 3.19. The summed E-state index contributed by atoms with van der Waals surface area (Å²) < 4.78 is 23.0. The van der Waals surface area contributed by atoms with E-state index in [0.29, 0.717) is 12.3 Å². The third-order valence-corrected chi connectivity index (χ3v) is 6.01. The van der Waals surface area contributed by atoms with E-state index in [1.165, 1.54) is 0 Å². The molecule has 1 N–H and O–H groups in total. The van der Waals surface area contributed by atoms with Crippen LogP contribution in [-0.2, 0) is 9.84 Å². The SMILES string of the molecule is Cc1ccc(C)c([C@@H](O)CN(C)C[C@H]2CCS(=O)(=O)C2)c1. The summed E-state index contributed by atoms with van der Waals surface area (Å²) in [4.78, 5) is 2.04. The molecule has 0 aromatic heterocycles. The van der Waals surface area contributed by atoms with Gasteiger partial charge >= 0.3 is 0 Å². The van der Waals surface area contributed by atoms with Crippen LogP contribution in [0.4, 0.5) is 0 Å². The zero-order valence-corrected chi connectivity index (χ0v) is 13.9. The lowest BCUT2D eigenvalue weighted by Crippen LogP contribution is -2.30. The fourth-order valence-electron chi connectivity index (χ4n) is 3.04. The van der Waals surface area contributed by atoms with Gasteiger partial charge in [-0.2, -0.15) is 0 Å². The Balaban J connectivity index is 1.93. The van der Waals surface area contributed by atoms with Crippen molar-refractivity contribution in [3.63, 3.8) is 0 Å². The Morgan fingerprint density at radius 2 is 2.10 bits per heavy atom. The van der Waals surface area contributed by atoms with Crippen molar-refractivity contribution in [1.82, 2.24) is 4.90 Å². The number of likely N-dealkylation sites (N-methyl/N-ethyl adjacent to an activating group) is 1. The summed E-state index contributed by atoms with van der Waals surface area (Å²) in [5.74, 6) is 0.799. The van der Waals surface area contributed by atoms with Gasteiger partial charge in [0.05, 0.1) is 17.6 Å². The Labute approximate surface area is 127 Å². The summed E-state index contributed by atoms with van der Waals surface area (Å²) in [6, 6.07) is 6.09. The van der Waals surface area contributed by atoms with E-state index in [-0.39, 0.29) is 11.7 Å². The molecule has 1 aliphatic rings. The second-order valence-electron chi connectivity index (χ2n) is 6.37. The Morgan fingerprint density at radius 3 is 2.71 bits per heavy atom. The maximum Gasteiger partial charge on any atom is 0.150 e. The third kappa shape index (κ3) is 4.53. The van der Waals surface area contributed by atoms with E-state index < -0.39 is 15.9 Å². The molecular formula is C16H25NO3S. The highest BCUT2D eigenvalue weighted by molar-refractivity contribution is 7.91. The molecule has 2 rings (SSSR count). The molecule has 1 aliphatic heterocycles. The quantitative estimate of drug-likeness (QED) is 0.899. The highest BCUT2D eigenvalue weighted by atomic mass is 32.2. The van der Waals surface area contributed by atoms with Crippen molar-refractivity contribution < 1.29 is 13.5 Å². The Kier molecular flexibility index (Phi) is 5.07. The van der Waals surface area contributed by atoms with Crippen molar-refractivity contribution in [1.29, 1.82) is 0 Å². The van der Waals surface area contributed by atoms with Gasteiger partial charge < -0.3 is 10.0 Å². The van der Waals surface area contributed by atoms with Gasteiger partial charge in [0, 0.05) is 13.1 Å². The molecule has 0 unspecified atom stereocenters. The highest BCUT2D eigenvalue weighted by Gasteiger charge is 2.28. The van der Waals surface area contributed by atoms with Crippen molar-refractivity contribution in [2.45, 2.75) is 26.4 Å². The van der Waals surface area contributed by atoms with Crippen LogP contribution in [-0.4, -0.2) is 50.1 Å². The van der Waals surface area contributed by atoms with Crippen LogP contribution in [0.25, 0.3) is 0 Å². The topological polar surface area (TPSA) is 57.6 Å². The first kappa shape index (κ1) is 16.5. The van der Waals surface area contributed by atoms with Crippen LogP contribution in [0.1, 0.15) is 29.2 Å². The number of hydrogen-bond donors (Lipinski definition) is 1. The fourth-order valence-corrected chi connectivity index (χ4v) is 4.89. The lowest BCUT2D eigenvalue weighted by molar-refractivity contribution is 0.119. The molecule has 0 saturated carbocycles. The van der Waals surface area contributed by atoms with Crippen LogP contribution in [0.2, 0.25) is 0 Å². The van der Waals surface area contributed by atoms with Crippen LogP contribution in [0.5, 0.6) is 0 Å². The van der Waals surface area contributed by atoms with Gasteiger partial charge in [-0.3, -0.25) is 0 Å². The minimum Gasteiger partial charge on any atom is -0.387 e. The number of aryl methyl sites for hydroxylation is 2. The average Bonchev–Trinajstić information content (AvgIpc) is 2.71. The Hall–Kier alpha value is -0.910. The predicted octanol–water partition coefficient (Wildman–Crippen LogP) is 1.70. The molecule has 5 heteroatoms. The molecule has 1 fully saturated rings. The maximum atomic E-state index is 11.5. The summed E-state index contributed by atoms with van der Waals surface area (Å²) in [7, 11) is -0.879. The maximum absolute atomic E-state index is 11.5. The second kappa shape index (κ2) is 6.46. The summed E-state index contributed by atoms with van der Waals surface area (Å²) in [6.45, 7) is 5.27. The van der Waals surface area contributed by atoms with Gasteiger partial charge in [0.25, 0.3) is 0 Å². The molecule has 1 aromatic carbocycles. The lowest BCUT2D eigenvalue weighted by atomic mass is 10.00. The zero-order valence-electron chi connectivity index (χ0n) is 13.0. The number of sulfone groups is 1. The molecule has 0 bridgehead atoms. The van der Waals surface area contributed by atoms with E-state index in [2.05, 4.69) is 0 Å². The van der Waals surface area contributed by atoms with Crippen molar-refractivity contribution in [3.8, 4) is 0 Å². The minimum absolute atomic E-state index is 0.200. The number of aliphatic hydroxyl groups is 1. The van der Waals surface area contributed by atoms with E-state index in [1.54, 1.807) is 0 Å². The van der Waals surface area contributed by atoms with Crippen LogP contribution in [0.3, 0.4) is 0 Å². The van der Waals surface area contributed by atoms with E-state index in [4.69, 9.17) is 0 Å². The first-order valence-corrected chi connectivity index (χ1v) is 9.23. The molecule has 21 heavy (non-hydrogen) atoms. The molecule has 1 aromatic rings. The predicted molar refractivity (Wildman–Crippen MR) is 85.1 cm³/mol. The normalized spacial score (nSPS) is 22.6. The van der Waals surface area contributed by atoms with E-state index >= 15 is 0 Å². The monoisotopic (exact) mass is 311 g/mol. The minimum atomic E-state index is -2.82. The Bertz CT molecular complexity index is 598. The summed E-state index contributed by atoms with van der Waals surface area (Å²) in [5, 5.41) is 10.4. The standard InChI is InChI=1S/C16H25NO3S/c1-12-4-5-13(2)15(8-12)16(18)10-17(3)9-14-6-7-21(19,20)11-14/h4-5,8,14,16,18H,6-7,9-11H2,1-3H3/t14-,16+/m1/s1. The van der Waals surface area contributed by atoms with Gasteiger partial charge in [-0.05, 0) is 44.4 Å². The molecule has 1 saturated heterocycles. The smallest absolute Gasteiger partial charge is 0.150 e. The first-order chi connectivity index (χ1) is 9.77. The highest BCUT2D eigenvalue weighted by Crippen LogP contribution is 2.22. The first-order valence-electron chi connectivity index (χ1n) is 7.41. The number of hydrogen-bond acceptors (Lipinski definition) is 4. The molecular weight excluding hydrogens is 286 g/mol. The molecule has 2 atom stereocenters. The second-order valence-corrected chi connectivity index (χ2v) is 8.59. The summed E-state index contributed by atoms with van der Waals surface area (Å²) >= 11 is 0. The van der Waals surface area contributed by atoms with Gasteiger partial charge in [-0.15, -0.1) is 0 Å². The number of benzene rings is 1. The summed E-state index contributed by atoms with van der Waals surface area (Å²) in [6.07, 6.45) is 0.208. The van der Waals surface area contributed by atoms with Gasteiger partial charge in [0.1, 0.15) is 0 Å². The molecule has 0 aliphatic carbocycles. The van der Waals surface area contributed by atoms with E-state index in [9.17, 15) is 13.5 Å². The van der Waals surface area contributed by atoms with Gasteiger partial charge in [-0.1, -0.05) is 23.8 Å². The fraction of sp³-hybridized carbons (Fsp3) is 0.625. The van der Waals surface area contributed by atoms with Gasteiger partial charge in [0.2, 0.25) is 0 Å².